The second-order valence-corrected chi connectivity index (χ2v) is 10.6. The van der Waals surface area contributed by atoms with Crippen LogP contribution in [0.3, 0.4) is 0 Å². The van der Waals surface area contributed by atoms with Crippen LogP contribution in [0.25, 0.3) is 11.8 Å². The van der Waals surface area contributed by atoms with Gasteiger partial charge >= 0.3 is 0 Å². The van der Waals surface area contributed by atoms with Crippen molar-refractivity contribution in [2.75, 3.05) is 20.1 Å². The minimum absolute atomic E-state index is 0.0166. The SMILES string of the molecule is CC(C=N)C1NC(c2ccccc2Cl)=CC(=NC2CCN(S(=O)/C=C/c3ccccc3)CC2)N1C. The van der Waals surface area contributed by atoms with Gasteiger partial charge in [-0.2, -0.15) is 0 Å². The Morgan fingerprint density at radius 3 is 2.51 bits per heavy atom. The first kappa shape index (κ1) is 25.4. The molecule has 35 heavy (non-hydrogen) atoms. The average molecular weight is 510 g/mol. The van der Waals surface area contributed by atoms with Gasteiger partial charge in [0.05, 0.1) is 6.04 Å². The fraction of sp³-hybridized carbons (Fsp3) is 0.333. The van der Waals surface area contributed by atoms with Gasteiger partial charge in [0.2, 0.25) is 0 Å². The van der Waals surface area contributed by atoms with Gasteiger partial charge in [-0.05, 0) is 30.5 Å². The molecule has 8 heteroatoms. The van der Waals surface area contributed by atoms with Crippen LogP contribution in [0.2, 0.25) is 5.02 Å². The Bertz CT molecular complexity index is 1140. The summed E-state index contributed by atoms with van der Waals surface area (Å²) in [6, 6.07) is 17.8. The van der Waals surface area contributed by atoms with E-state index in [1.807, 2.05) is 85.0 Å². The molecule has 0 aliphatic carbocycles. The van der Waals surface area contributed by atoms with E-state index in [1.165, 1.54) is 6.21 Å². The lowest BCUT2D eigenvalue weighted by atomic mass is 10.0. The maximum atomic E-state index is 12.8. The highest BCUT2D eigenvalue weighted by atomic mass is 35.5. The average Bonchev–Trinajstić information content (AvgIpc) is 2.89. The zero-order valence-corrected chi connectivity index (χ0v) is 21.7. The van der Waals surface area contributed by atoms with Crippen LogP contribution in [-0.4, -0.2) is 57.8 Å². The number of rotatable bonds is 7. The Labute approximate surface area is 215 Å². The number of nitrogens with zero attached hydrogens (tertiary/aromatic N) is 3. The Morgan fingerprint density at radius 2 is 1.83 bits per heavy atom. The molecule has 0 spiro atoms. The van der Waals surface area contributed by atoms with Crippen molar-refractivity contribution in [1.29, 1.82) is 5.41 Å². The summed E-state index contributed by atoms with van der Waals surface area (Å²) in [6.45, 7) is 3.48. The standard InChI is InChI=1S/C27H32ClN5OS/c1-20(19-29)27-31-25(23-10-6-7-11-24(23)28)18-26(32(27)2)30-22-12-15-33(16-13-22)35(34)17-14-21-8-4-3-5-9-21/h3-11,14,17-20,22,27,29,31H,12-13,15-16H2,1-2H3/b17-14+,29-19?,30-26?. The van der Waals surface area contributed by atoms with Crippen LogP contribution in [0.4, 0.5) is 0 Å². The molecule has 1 fully saturated rings. The van der Waals surface area contributed by atoms with Crippen LogP contribution in [-0.2, 0) is 11.0 Å². The fourth-order valence-corrected chi connectivity index (χ4v) is 5.59. The summed E-state index contributed by atoms with van der Waals surface area (Å²) in [7, 11) is 0.859. The minimum atomic E-state index is -1.15. The van der Waals surface area contributed by atoms with E-state index in [4.69, 9.17) is 22.0 Å². The summed E-state index contributed by atoms with van der Waals surface area (Å²) in [5, 5.41) is 13.8. The molecule has 0 bridgehead atoms. The molecular formula is C27H32ClN5OS. The fourth-order valence-electron chi connectivity index (χ4n) is 4.34. The number of aliphatic imine (C=N–C) groups is 1. The van der Waals surface area contributed by atoms with E-state index >= 15 is 0 Å². The van der Waals surface area contributed by atoms with Crippen molar-refractivity contribution in [3.63, 3.8) is 0 Å². The first-order chi connectivity index (χ1) is 17.0. The molecule has 3 atom stereocenters. The maximum Gasteiger partial charge on any atom is 0.127 e. The molecule has 2 aliphatic heterocycles. The summed E-state index contributed by atoms with van der Waals surface area (Å²) in [5.41, 5.74) is 2.88. The topological polar surface area (TPSA) is 71.8 Å². The minimum Gasteiger partial charge on any atom is -0.364 e. The molecular weight excluding hydrogens is 478 g/mol. The Morgan fingerprint density at radius 1 is 1.14 bits per heavy atom. The normalized spacial score (nSPS) is 22.6. The van der Waals surface area contributed by atoms with E-state index in [0.717, 1.165) is 48.6 Å². The van der Waals surface area contributed by atoms with Crippen LogP contribution >= 0.6 is 11.6 Å². The lowest BCUT2D eigenvalue weighted by Crippen LogP contribution is -2.53. The summed E-state index contributed by atoms with van der Waals surface area (Å²) < 4.78 is 14.8. The number of benzene rings is 2. The van der Waals surface area contributed by atoms with Crippen LogP contribution in [0, 0.1) is 11.3 Å². The molecule has 2 N–H and O–H groups in total. The number of piperidine rings is 1. The largest absolute Gasteiger partial charge is 0.364 e. The van der Waals surface area contributed by atoms with E-state index in [1.54, 1.807) is 5.41 Å². The Hall–Kier alpha value is -2.74. The molecule has 1 saturated heterocycles. The van der Waals surface area contributed by atoms with E-state index in [9.17, 15) is 4.21 Å². The van der Waals surface area contributed by atoms with Crippen LogP contribution < -0.4 is 5.32 Å². The van der Waals surface area contributed by atoms with Gasteiger partial charge in [0.15, 0.2) is 0 Å². The quantitative estimate of drug-likeness (QED) is 0.514. The number of likely N-dealkylation sites (N-methyl/N-ethyl adjacent to an activating group) is 1. The summed E-state index contributed by atoms with van der Waals surface area (Å²) in [4.78, 5) is 7.20. The maximum absolute atomic E-state index is 12.8. The van der Waals surface area contributed by atoms with E-state index in [0.29, 0.717) is 5.02 Å². The predicted octanol–water partition coefficient (Wildman–Crippen LogP) is 5.03. The van der Waals surface area contributed by atoms with Crippen molar-refractivity contribution < 1.29 is 4.21 Å². The van der Waals surface area contributed by atoms with Crippen molar-refractivity contribution in [3.8, 4) is 0 Å². The first-order valence-electron chi connectivity index (χ1n) is 11.9. The van der Waals surface area contributed by atoms with Gasteiger partial charge in [0.1, 0.15) is 23.0 Å². The molecule has 4 rings (SSSR count). The van der Waals surface area contributed by atoms with Gasteiger partial charge < -0.3 is 15.6 Å². The van der Waals surface area contributed by atoms with E-state index < -0.39 is 11.0 Å². The number of amidine groups is 1. The molecule has 6 nitrogen and oxygen atoms in total. The number of halogens is 1. The lowest BCUT2D eigenvalue weighted by molar-refractivity contribution is 0.285. The third kappa shape index (κ3) is 6.28. The van der Waals surface area contributed by atoms with Crippen molar-refractivity contribution in [3.05, 3.63) is 82.2 Å². The predicted molar refractivity (Wildman–Crippen MR) is 148 cm³/mol. The third-order valence-electron chi connectivity index (χ3n) is 6.45. The van der Waals surface area contributed by atoms with Crippen LogP contribution in [0.1, 0.15) is 30.9 Å². The molecule has 2 aromatic carbocycles. The molecule has 0 aromatic heterocycles. The van der Waals surface area contributed by atoms with Gasteiger partial charge in [0.25, 0.3) is 0 Å². The van der Waals surface area contributed by atoms with Gasteiger partial charge in [-0.1, -0.05) is 67.1 Å². The molecule has 2 aromatic rings. The molecule has 3 unspecified atom stereocenters. The third-order valence-corrected chi connectivity index (χ3v) is 8.02. The highest BCUT2D eigenvalue weighted by Crippen LogP contribution is 2.27. The molecule has 184 valence electrons. The van der Waals surface area contributed by atoms with Gasteiger partial charge in [0, 0.05) is 60.0 Å². The molecule has 0 saturated carbocycles. The zero-order valence-electron chi connectivity index (χ0n) is 20.1. The zero-order chi connectivity index (χ0) is 24.8. The lowest BCUT2D eigenvalue weighted by Gasteiger charge is -2.39. The van der Waals surface area contributed by atoms with Gasteiger partial charge in [-0.3, -0.25) is 4.99 Å². The van der Waals surface area contributed by atoms with Crippen molar-refractivity contribution in [2.24, 2.45) is 10.9 Å². The monoisotopic (exact) mass is 509 g/mol. The number of nitrogens with one attached hydrogen (secondary N) is 2. The smallest absolute Gasteiger partial charge is 0.127 e. The molecule has 0 amide bonds. The van der Waals surface area contributed by atoms with Crippen molar-refractivity contribution in [1.82, 2.24) is 14.5 Å². The van der Waals surface area contributed by atoms with E-state index in [-0.39, 0.29) is 18.1 Å². The summed E-state index contributed by atoms with van der Waals surface area (Å²) in [5.74, 6) is 0.859. The Balaban J connectivity index is 1.48. The summed E-state index contributed by atoms with van der Waals surface area (Å²) in [6.07, 6.45) is 7.00. The highest BCUT2D eigenvalue weighted by molar-refractivity contribution is 7.85. The second-order valence-electron chi connectivity index (χ2n) is 8.90. The van der Waals surface area contributed by atoms with Crippen molar-refractivity contribution >= 4 is 46.4 Å². The highest BCUT2D eigenvalue weighted by Gasteiger charge is 2.30. The molecule has 2 aliphatic rings. The number of hydrogen-bond acceptors (Lipinski definition) is 4. The van der Waals surface area contributed by atoms with Gasteiger partial charge in [-0.25, -0.2) is 8.51 Å². The van der Waals surface area contributed by atoms with Gasteiger partial charge in [-0.15, -0.1) is 0 Å². The van der Waals surface area contributed by atoms with Crippen molar-refractivity contribution in [2.45, 2.75) is 32.0 Å². The van der Waals surface area contributed by atoms with E-state index in [2.05, 4.69) is 10.2 Å². The summed E-state index contributed by atoms with van der Waals surface area (Å²) >= 11 is 6.49. The number of hydrogen-bond donors (Lipinski definition) is 2. The Kier molecular flexibility index (Phi) is 8.55. The second kappa shape index (κ2) is 11.8. The van der Waals surface area contributed by atoms with Crippen LogP contribution in [0.15, 0.2) is 71.1 Å². The van der Waals surface area contributed by atoms with Crippen LogP contribution in [0.5, 0.6) is 0 Å². The molecule has 2 heterocycles. The first-order valence-corrected chi connectivity index (χ1v) is 13.4. The molecule has 0 radical (unpaired) electrons.